The van der Waals surface area contributed by atoms with Gasteiger partial charge in [-0.1, -0.05) is 32.9 Å². The molecule has 0 aliphatic rings. The number of ether oxygens (including phenoxy) is 1. The molecule has 0 bridgehead atoms. The molecule has 0 radical (unpaired) electrons. The number of hydrogen-bond acceptors (Lipinski definition) is 3. The van der Waals surface area contributed by atoms with Gasteiger partial charge in [0, 0.05) is 6.54 Å². The van der Waals surface area contributed by atoms with E-state index in [1.54, 1.807) is 0 Å². The average molecular weight is 330 g/mol. The van der Waals surface area contributed by atoms with Gasteiger partial charge in [-0.2, -0.15) is 0 Å². The Morgan fingerprint density at radius 3 is 2.18 bits per heavy atom. The minimum absolute atomic E-state index is 0.248. The zero-order valence-electron chi connectivity index (χ0n) is 15.7. The minimum atomic E-state index is -1.64. The summed E-state index contributed by atoms with van der Waals surface area (Å²) in [5.74, 6) is 0. The molecule has 130 valence electrons. The maximum Gasteiger partial charge on any atom is 0.407 e. The van der Waals surface area contributed by atoms with Crippen molar-refractivity contribution in [1.29, 1.82) is 0 Å². The summed E-state index contributed by atoms with van der Waals surface area (Å²) in [6.07, 6.45) is 5.67. The van der Waals surface area contributed by atoms with Crippen LogP contribution in [0.15, 0.2) is 12.2 Å². The molecule has 22 heavy (non-hydrogen) atoms. The topological polar surface area (TPSA) is 47.6 Å². The lowest BCUT2D eigenvalue weighted by molar-refractivity contribution is 0.0527. The first-order chi connectivity index (χ1) is 9.85. The van der Waals surface area contributed by atoms with Gasteiger partial charge in [0.1, 0.15) is 5.60 Å². The molecule has 0 saturated heterocycles. The number of hydrogen-bond donors (Lipinski definition) is 1. The predicted molar refractivity (Wildman–Crippen MR) is 95.8 cm³/mol. The number of nitrogens with one attached hydrogen (secondary N) is 1. The Morgan fingerprint density at radius 1 is 1.09 bits per heavy atom. The van der Waals surface area contributed by atoms with E-state index < -0.39 is 13.9 Å². The lowest BCUT2D eigenvalue weighted by Crippen LogP contribution is -2.40. The molecule has 1 amide bonds. The average Bonchev–Trinajstić information content (AvgIpc) is 2.28. The fourth-order valence-corrected chi connectivity index (χ4v) is 2.33. The molecule has 0 fully saturated rings. The Morgan fingerprint density at radius 2 is 1.68 bits per heavy atom. The van der Waals surface area contributed by atoms with Crippen molar-refractivity contribution in [3.8, 4) is 0 Å². The lowest BCUT2D eigenvalue weighted by atomic mass is 10.2. The highest BCUT2D eigenvalue weighted by atomic mass is 28.4. The summed E-state index contributed by atoms with van der Waals surface area (Å²) in [7, 11) is -1.64. The molecule has 0 aromatic carbocycles. The normalized spacial score (nSPS) is 13.5. The highest BCUT2D eigenvalue weighted by Crippen LogP contribution is 2.36. The maximum atomic E-state index is 11.4. The minimum Gasteiger partial charge on any atom is -0.444 e. The van der Waals surface area contributed by atoms with Crippen LogP contribution in [0.2, 0.25) is 18.1 Å². The summed E-state index contributed by atoms with van der Waals surface area (Å²) in [5, 5.41) is 3.00. The third-order valence-electron chi connectivity index (χ3n) is 3.73. The Kier molecular flexibility index (Phi) is 8.40. The van der Waals surface area contributed by atoms with E-state index >= 15 is 0 Å². The lowest BCUT2D eigenvalue weighted by Gasteiger charge is -2.35. The van der Waals surface area contributed by atoms with Crippen molar-refractivity contribution in [1.82, 2.24) is 5.32 Å². The van der Waals surface area contributed by atoms with Crippen LogP contribution in [0, 0.1) is 0 Å². The van der Waals surface area contributed by atoms with Gasteiger partial charge < -0.3 is 14.5 Å². The largest absolute Gasteiger partial charge is 0.444 e. The second kappa shape index (κ2) is 8.72. The Hall–Kier alpha value is -0.813. The SMILES string of the molecule is CC(C)(C)OC(=O)NCCC/C=C\CO[Si](C)(C)C(C)(C)C. The number of alkyl carbamates (subject to hydrolysis) is 1. The van der Waals surface area contributed by atoms with Crippen LogP contribution in [0.1, 0.15) is 54.4 Å². The van der Waals surface area contributed by atoms with Crippen LogP contribution in [-0.2, 0) is 9.16 Å². The summed E-state index contributed by atoms with van der Waals surface area (Å²) in [4.78, 5) is 11.4. The smallest absolute Gasteiger partial charge is 0.407 e. The van der Waals surface area contributed by atoms with Gasteiger partial charge in [-0.15, -0.1) is 0 Å². The molecule has 0 aromatic heterocycles. The van der Waals surface area contributed by atoms with Crippen LogP contribution < -0.4 is 5.32 Å². The van der Waals surface area contributed by atoms with Crippen LogP contribution in [0.5, 0.6) is 0 Å². The van der Waals surface area contributed by atoms with E-state index in [1.165, 1.54) is 0 Å². The van der Waals surface area contributed by atoms with Crippen LogP contribution in [0.25, 0.3) is 0 Å². The van der Waals surface area contributed by atoms with Gasteiger partial charge in [-0.3, -0.25) is 0 Å². The number of carbonyl (C=O) groups is 1. The van der Waals surface area contributed by atoms with Gasteiger partial charge in [0.05, 0.1) is 6.61 Å². The number of rotatable bonds is 7. The summed E-state index contributed by atoms with van der Waals surface area (Å²) in [6, 6.07) is 0. The number of carbonyl (C=O) groups excluding carboxylic acids is 1. The molecule has 0 aromatic rings. The van der Waals surface area contributed by atoms with E-state index in [2.05, 4.69) is 51.3 Å². The van der Waals surface area contributed by atoms with Crippen molar-refractivity contribution in [2.24, 2.45) is 0 Å². The van der Waals surface area contributed by atoms with Crippen LogP contribution >= 0.6 is 0 Å². The Labute approximate surface area is 137 Å². The number of unbranched alkanes of at least 4 members (excludes halogenated alkanes) is 1. The van der Waals surface area contributed by atoms with Crippen molar-refractivity contribution in [2.45, 2.75) is 78.1 Å². The molecule has 5 heteroatoms. The summed E-state index contributed by atoms with van der Waals surface area (Å²) < 4.78 is 11.2. The zero-order chi connectivity index (χ0) is 17.4. The molecule has 0 saturated carbocycles. The molecule has 0 rings (SSSR count). The molecule has 0 spiro atoms. The molecular formula is C17H35NO3Si. The van der Waals surface area contributed by atoms with E-state index in [0.717, 1.165) is 12.8 Å². The Balaban J connectivity index is 3.75. The molecule has 0 atom stereocenters. The molecule has 4 nitrogen and oxygen atoms in total. The van der Waals surface area contributed by atoms with Crippen molar-refractivity contribution in [3.05, 3.63) is 12.2 Å². The van der Waals surface area contributed by atoms with Crippen molar-refractivity contribution >= 4 is 14.4 Å². The fraction of sp³-hybridized carbons (Fsp3) is 0.824. The summed E-state index contributed by atoms with van der Waals surface area (Å²) >= 11 is 0. The first kappa shape index (κ1) is 21.2. The first-order valence-corrected chi connectivity index (χ1v) is 11.0. The fourth-order valence-electron chi connectivity index (χ4n) is 1.38. The quantitative estimate of drug-likeness (QED) is 0.412. The standard InChI is InChI=1S/C17H35NO3Si/c1-16(2,3)21-15(19)18-13-11-9-10-12-14-20-22(7,8)17(4,5)6/h10,12H,9,11,13-14H2,1-8H3,(H,18,19)/b12-10-. The van der Waals surface area contributed by atoms with Crippen molar-refractivity contribution < 1.29 is 14.0 Å². The van der Waals surface area contributed by atoms with Crippen molar-refractivity contribution in [3.63, 3.8) is 0 Å². The van der Waals surface area contributed by atoms with E-state index in [1.807, 2.05) is 20.8 Å². The first-order valence-electron chi connectivity index (χ1n) is 8.11. The molecular weight excluding hydrogens is 294 g/mol. The summed E-state index contributed by atoms with van der Waals surface area (Å²) in [6.45, 7) is 18.1. The molecule has 0 aliphatic heterocycles. The van der Waals surface area contributed by atoms with Crippen LogP contribution in [-0.4, -0.2) is 33.2 Å². The highest BCUT2D eigenvalue weighted by Gasteiger charge is 2.36. The number of amides is 1. The number of allylic oxidation sites excluding steroid dienone is 1. The third-order valence-corrected chi connectivity index (χ3v) is 8.23. The van der Waals surface area contributed by atoms with Gasteiger partial charge in [0.2, 0.25) is 0 Å². The monoisotopic (exact) mass is 329 g/mol. The predicted octanol–water partition coefficient (Wildman–Crippen LogP) is 4.87. The third kappa shape index (κ3) is 10.0. The molecule has 0 heterocycles. The van der Waals surface area contributed by atoms with E-state index in [-0.39, 0.29) is 11.1 Å². The van der Waals surface area contributed by atoms with E-state index in [4.69, 9.17) is 9.16 Å². The maximum absolute atomic E-state index is 11.4. The summed E-state index contributed by atoms with van der Waals surface area (Å²) in [5.41, 5.74) is -0.439. The van der Waals surface area contributed by atoms with E-state index in [0.29, 0.717) is 13.2 Å². The highest BCUT2D eigenvalue weighted by molar-refractivity contribution is 6.74. The van der Waals surface area contributed by atoms with Crippen LogP contribution in [0.3, 0.4) is 0 Å². The molecule has 1 N–H and O–H groups in total. The molecule has 0 aliphatic carbocycles. The van der Waals surface area contributed by atoms with Gasteiger partial charge >= 0.3 is 6.09 Å². The van der Waals surface area contributed by atoms with Crippen LogP contribution in [0.4, 0.5) is 4.79 Å². The van der Waals surface area contributed by atoms with Gasteiger partial charge in [-0.05, 0) is 51.7 Å². The zero-order valence-corrected chi connectivity index (χ0v) is 16.7. The van der Waals surface area contributed by atoms with Gasteiger partial charge in [0.25, 0.3) is 0 Å². The second-order valence-corrected chi connectivity index (χ2v) is 12.9. The van der Waals surface area contributed by atoms with Gasteiger partial charge in [-0.25, -0.2) is 4.79 Å². The Bertz CT molecular complexity index is 365. The van der Waals surface area contributed by atoms with E-state index in [9.17, 15) is 4.79 Å². The second-order valence-electron chi connectivity index (χ2n) is 8.11. The van der Waals surface area contributed by atoms with Crippen molar-refractivity contribution in [2.75, 3.05) is 13.2 Å². The molecule has 0 unspecified atom stereocenters. The van der Waals surface area contributed by atoms with Gasteiger partial charge in [0.15, 0.2) is 8.32 Å².